The van der Waals surface area contributed by atoms with Crippen molar-refractivity contribution in [2.24, 2.45) is 23.7 Å². The van der Waals surface area contributed by atoms with Gasteiger partial charge in [0.1, 0.15) is 23.0 Å². The minimum Gasteiger partial charge on any atom is -0.496 e. The average molecular weight is 1880 g/mol. The molecule has 0 heterocycles. The summed E-state index contributed by atoms with van der Waals surface area (Å²) < 4.78 is 22.8. The molecule has 0 radical (unpaired) electrons. The van der Waals surface area contributed by atoms with E-state index in [-0.39, 0.29) is 50.0 Å². The zero-order valence-corrected chi connectivity index (χ0v) is 85.9. The molecule has 4 aliphatic rings. The first-order valence-corrected chi connectivity index (χ1v) is 52.1. The van der Waals surface area contributed by atoms with Crippen LogP contribution in [-0.4, -0.2) is 127 Å². The summed E-state index contributed by atoms with van der Waals surface area (Å²) in [5.41, 5.74) is 17.0. The molecule has 13 atom stereocenters. The first-order chi connectivity index (χ1) is 61.6. The van der Waals surface area contributed by atoms with Gasteiger partial charge in [0.05, 0.1) is 28.4 Å². The van der Waals surface area contributed by atoms with E-state index >= 15 is 0 Å². The van der Waals surface area contributed by atoms with Crippen LogP contribution in [0.25, 0.3) is 0 Å². The molecule has 14 heteroatoms. The molecule has 9 unspecified atom stereocenters. The Morgan fingerprint density at radius 2 is 0.419 bits per heavy atom. The van der Waals surface area contributed by atoms with Crippen LogP contribution in [0.1, 0.15) is 162 Å². The van der Waals surface area contributed by atoms with Gasteiger partial charge in [-0.2, -0.15) is 0 Å². The maximum absolute atomic E-state index is 5.74. The monoisotopic (exact) mass is 1880 g/mol. The molecule has 12 aromatic rings. The molecule has 129 heavy (non-hydrogen) atoms. The Balaban J connectivity index is 0.000000167. The summed E-state index contributed by atoms with van der Waals surface area (Å²) in [4.78, 5) is 9.78. The van der Waals surface area contributed by atoms with Crippen LogP contribution in [-0.2, 0) is 34.1 Å². The maximum atomic E-state index is 5.74. The second-order valence-corrected chi connectivity index (χ2v) is 46.5. The third kappa shape index (κ3) is 24.7. The van der Waals surface area contributed by atoms with E-state index in [4.69, 9.17) is 18.9 Å². The van der Waals surface area contributed by atoms with E-state index < -0.39 is 15.8 Å². The number of ether oxygens (including phenoxy) is 4. The van der Waals surface area contributed by atoms with Crippen molar-refractivity contribution in [2.75, 3.05) is 84.8 Å². The van der Waals surface area contributed by atoms with Gasteiger partial charge in [0.15, 0.2) is 0 Å². The van der Waals surface area contributed by atoms with Gasteiger partial charge in [-0.1, -0.05) is 274 Å². The van der Waals surface area contributed by atoms with Crippen LogP contribution < -0.4 is 61.4 Å². The molecule has 0 amide bonds. The minimum atomic E-state index is -0.576. The van der Waals surface area contributed by atoms with Gasteiger partial charge in [0.25, 0.3) is 0 Å². The molecule has 8 nitrogen and oxygen atoms in total. The molecule has 682 valence electrons. The van der Waals surface area contributed by atoms with E-state index in [1.165, 1.54) is 181 Å². The summed E-state index contributed by atoms with van der Waals surface area (Å²) in [6.45, 7) is 15.3. The third-order valence-corrected chi connectivity index (χ3v) is 39.4. The normalized spacial score (nSPS) is 19.4. The molecule has 16 rings (SSSR count). The summed E-state index contributed by atoms with van der Waals surface area (Å²) in [5, 5.41) is 11.9. The van der Waals surface area contributed by atoms with Crippen molar-refractivity contribution in [3.05, 3.63) is 358 Å². The molecule has 0 saturated heterocycles. The zero-order valence-electron chi connectivity index (χ0n) is 80.1. The number of hydrogen-bond acceptors (Lipinski definition) is 8. The predicted molar refractivity (Wildman–Crippen MR) is 552 cm³/mol. The van der Waals surface area contributed by atoms with Gasteiger partial charge in [-0.15, -0.1) is 0 Å². The van der Waals surface area contributed by atoms with Crippen molar-refractivity contribution in [3.8, 4) is 23.0 Å². The van der Waals surface area contributed by atoms with Crippen molar-refractivity contribution in [2.45, 2.75) is 172 Å². The molecule has 12 aromatic carbocycles. The molecule has 0 N–H and O–H groups in total. The van der Waals surface area contributed by atoms with Gasteiger partial charge < -0.3 is 38.5 Å². The topological polar surface area (TPSA) is 49.9 Å². The Morgan fingerprint density at radius 3 is 0.612 bits per heavy atom. The van der Waals surface area contributed by atoms with Gasteiger partial charge in [-0.3, -0.25) is 0 Å². The van der Waals surface area contributed by atoms with Crippen LogP contribution in [0, 0.1) is 72.1 Å². The first kappa shape index (κ1) is 102. The largest absolute Gasteiger partial charge is 0.496 e. The van der Waals surface area contributed by atoms with E-state index in [1.54, 1.807) is 28.4 Å². The predicted octanol–water partition coefficient (Wildman–Crippen LogP) is 24.6. The summed E-state index contributed by atoms with van der Waals surface area (Å²) in [6, 6.07) is 112. The number of hydrogen-bond donors (Lipinski definition) is 0. The van der Waals surface area contributed by atoms with Gasteiger partial charge in [0, 0.05) is 58.3 Å². The number of nitrogens with zero attached hydrogens (tertiary/aromatic N) is 4. The minimum absolute atomic E-state index is 0. The quantitative estimate of drug-likeness (QED) is 0.0355. The van der Waals surface area contributed by atoms with Gasteiger partial charge in [0.2, 0.25) is 0 Å². The van der Waals surface area contributed by atoms with Crippen molar-refractivity contribution in [1.82, 2.24) is 19.6 Å². The number of benzene rings is 12. The summed E-state index contributed by atoms with van der Waals surface area (Å²) >= 11 is 0. The van der Waals surface area contributed by atoms with Crippen molar-refractivity contribution < 1.29 is 53.1 Å². The fraction of sp³-hybridized carbons (Fsp3) is 0.374. The van der Waals surface area contributed by atoms with Crippen molar-refractivity contribution >= 4 is 74.1 Å². The zero-order chi connectivity index (χ0) is 89.8. The molecular formula is C115H142Fe2N4O4P4. The standard InChI is InChI=1S/C32H42NO2P.C31H40NO2P.2C26H30NP.2Fe/c1-21-17-26(18-22(2)31(21)34-7)36(27-19-23(3)32(35-8)24(4)20-27)29-16-12-15-28(29)30(33(5)6)25-13-10-9-11-14-25;1-21-18-25(16-17-28(21)33-6)35(26-19-22(2)31(34-7)23(3)20-26)29-15-11-14-27(29)30(32(4)5)24-12-9-8-10-13-24;2*1-27(2)26(21-13-6-3-7-14-21)24-19-12-20-25(24)28(22-15-8-4-9-16-22)23-17-10-5-11-18-23;;/h9-11,13-14,17-20,28-30H,12,15-16H2,1-8H3;8-10,12-13,16-20,27,29-30H,11,14-15H2,1-7H3;2*3-11,13-18,24-26H,12,19-20H2,1-2H3;;/t28?,29?,30-;27?,29?,30-,35?;2*24?,25?,26-;;/m1111../s1. The third-order valence-electron chi connectivity index (χ3n) is 27.4. The smallest absolute Gasteiger partial charge is 0.124 e. The van der Waals surface area contributed by atoms with E-state index in [9.17, 15) is 0 Å². The fourth-order valence-corrected chi connectivity index (χ4v) is 35.9. The Morgan fingerprint density at radius 1 is 0.225 bits per heavy atom. The second-order valence-electron chi connectivity index (χ2n) is 36.7. The van der Waals surface area contributed by atoms with Crippen molar-refractivity contribution in [3.63, 3.8) is 0 Å². The molecule has 4 fully saturated rings. The molecule has 4 saturated carbocycles. The molecule has 0 spiro atoms. The summed E-state index contributed by atoms with van der Waals surface area (Å²) in [7, 11) is 23.2. The summed E-state index contributed by atoms with van der Waals surface area (Å²) in [5.74, 6) is 6.55. The Labute approximate surface area is 802 Å². The number of methoxy groups -OCH3 is 4. The Hall–Kier alpha value is -7.56. The SMILES string of the molecule is CN(C)[C@H](c1ccccc1)C1CCCC1P(c1ccccc1)c1ccccc1.CN(C)[C@H](c1ccccc1)C1CCCC1P(c1ccccc1)c1ccccc1.COc1c(C)cc(P(c2cc(C)c(OC)c(C)c2)C2CCCC2[C@@H](c2ccccc2)N(C)C)cc1C.COc1ccc(P(c2cc(C)c(OC)c(C)c2)C2CCCC2[C@@H](c2ccccc2)N(C)C)cc1C.[Fe].[Fe]. The Bertz CT molecular complexity index is 5020. The van der Waals surface area contributed by atoms with E-state index in [2.05, 4.69) is 422 Å². The van der Waals surface area contributed by atoms with Crippen LogP contribution in [0.2, 0.25) is 0 Å². The molecule has 0 aromatic heterocycles. The van der Waals surface area contributed by atoms with E-state index in [0.29, 0.717) is 70.5 Å². The van der Waals surface area contributed by atoms with Gasteiger partial charge >= 0.3 is 0 Å². The fourth-order valence-electron chi connectivity index (χ4n) is 22.6. The van der Waals surface area contributed by atoms with E-state index in [0.717, 1.165) is 23.0 Å². The average Bonchev–Trinajstić information content (AvgIpc) is 1.72. The number of rotatable bonds is 28. The molecular weight excluding hydrogens is 1740 g/mol. The number of aryl methyl sites for hydroxylation is 7. The first-order valence-electron chi connectivity index (χ1n) is 46.5. The van der Waals surface area contributed by atoms with Gasteiger partial charge in [-0.25, -0.2) is 0 Å². The maximum Gasteiger partial charge on any atom is 0.124 e. The molecule has 0 aliphatic heterocycles. The Kier molecular flexibility index (Phi) is 39.1. The van der Waals surface area contributed by atoms with Crippen LogP contribution in [0.5, 0.6) is 23.0 Å². The van der Waals surface area contributed by atoms with Crippen LogP contribution in [0.15, 0.2) is 297 Å². The summed E-state index contributed by atoms with van der Waals surface area (Å²) in [6.07, 6.45) is 15.6. The van der Waals surface area contributed by atoms with Crippen LogP contribution in [0.4, 0.5) is 0 Å². The molecule has 4 aliphatic carbocycles. The van der Waals surface area contributed by atoms with Crippen LogP contribution in [0.3, 0.4) is 0 Å². The van der Waals surface area contributed by atoms with Crippen molar-refractivity contribution in [1.29, 1.82) is 0 Å². The van der Waals surface area contributed by atoms with Crippen LogP contribution >= 0.6 is 31.7 Å². The molecule has 0 bridgehead atoms. The second kappa shape index (κ2) is 49.4. The van der Waals surface area contributed by atoms with Gasteiger partial charge in [-0.05, 0) is 386 Å². The van der Waals surface area contributed by atoms with E-state index in [1.807, 2.05) is 0 Å².